The molecular formula is C15H19NO3. The highest BCUT2D eigenvalue weighted by Crippen LogP contribution is 2.33. The number of benzene rings is 1. The first-order valence-corrected chi connectivity index (χ1v) is 6.35. The predicted octanol–water partition coefficient (Wildman–Crippen LogP) is 3.06. The number of ether oxygens (including phenoxy) is 2. The third kappa shape index (κ3) is 3.28. The van der Waals surface area contributed by atoms with Crippen molar-refractivity contribution >= 4 is 17.4 Å². The van der Waals surface area contributed by atoms with Gasteiger partial charge in [0, 0.05) is 17.3 Å². The molecule has 0 bridgehead atoms. The molecule has 1 heterocycles. The number of aromatic amines is 1. The molecule has 0 unspecified atom stereocenters. The van der Waals surface area contributed by atoms with Gasteiger partial charge in [-0.25, -0.2) is 0 Å². The van der Waals surface area contributed by atoms with Crippen LogP contribution in [0, 0.1) is 0 Å². The monoisotopic (exact) mass is 261 g/mol. The lowest BCUT2D eigenvalue weighted by Crippen LogP contribution is -2.23. The van der Waals surface area contributed by atoms with Gasteiger partial charge in [0.05, 0.1) is 12.3 Å². The predicted molar refractivity (Wildman–Crippen MR) is 74.4 cm³/mol. The minimum absolute atomic E-state index is 0.273. The normalized spacial score (nSPS) is 11.5. The van der Waals surface area contributed by atoms with Gasteiger partial charge in [-0.2, -0.15) is 0 Å². The zero-order chi connectivity index (χ0) is 13.9. The number of nitrogens with one attached hydrogen (secondary N) is 1. The second kappa shape index (κ2) is 5.34. The number of hydrogen-bond acceptors (Lipinski definition) is 3. The second-order valence-corrected chi connectivity index (χ2v) is 5.41. The highest BCUT2D eigenvalue weighted by molar-refractivity contribution is 5.87. The van der Waals surface area contributed by atoms with Crippen LogP contribution in [0.2, 0.25) is 0 Å². The van der Waals surface area contributed by atoms with E-state index in [1.807, 2.05) is 45.0 Å². The van der Waals surface area contributed by atoms with E-state index in [0.717, 1.165) is 22.3 Å². The Bertz CT molecular complexity index is 566. The lowest BCUT2D eigenvalue weighted by atomic mass is 10.1. The zero-order valence-electron chi connectivity index (χ0n) is 11.5. The molecule has 0 fully saturated rings. The molecule has 4 nitrogen and oxygen atoms in total. The fraction of sp³-hybridized carbons (Fsp3) is 0.400. The second-order valence-electron chi connectivity index (χ2n) is 5.41. The minimum Gasteiger partial charge on any atom is -0.486 e. The van der Waals surface area contributed by atoms with Crippen LogP contribution in [-0.2, 0) is 16.0 Å². The van der Waals surface area contributed by atoms with E-state index in [1.165, 1.54) is 0 Å². The van der Waals surface area contributed by atoms with Crippen LogP contribution >= 0.6 is 0 Å². The van der Waals surface area contributed by atoms with Gasteiger partial charge in [-0.1, -0.05) is 12.1 Å². The zero-order valence-corrected chi connectivity index (χ0v) is 11.5. The lowest BCUT2D eigenvalue weighted by Gasteiger charge is -2.22. The molecule has 2 aromatic rings. The van der Waals surface area contributed by atoms with Gasteiger partial charge in [0.25, 0.3) is 6.47 Å². The Kier molecular flexibility index (Phi) is 3.79. The van der Waals surface area contributed by atoms with Crippen LogP contribution < -0.4 is 4.74 Å². The number of rotatable bonds is 5. The first-order chi connectivity index (χ1) is 9.01. The summed E-state index contributed by atoms with van der Waals surface area (Å²) in [6.07, 6.45) is 0.610. The molecule has 102 valence electrons. The molecule has 2 rings (SSSR count). The summed E-state index contributed by atoms with van der Waals surface area (Å²) in [6, 6.07) is 7.99. The first kappa shape index (κ1) is 13.5. The van der Waals surface area contributed by atoms with Crippen LogP contribution in [0.1, 0.15) is 26.5 Å². The number of carbonyl (C=O) groups is 1. The van der Waals surface area contributed by atoms with Crippen LogP contribution in [0.4, 0.5) is 0 Å². The molecule has 19 heavy (non-hydrogen) atoms. The third-order valence-corrected chi connectivity index (χ3v) is 2.68. The van der Waals surface area contributed by atoms with E-state index in [4.69, 9.17) is 9.47 Å². The fourth-order valence-corrected chi connectivity index (χ4v) is 1.98. The Morgan fingerprint density at radius 1 is 1.26 bits per heavy atom. The maximum atomic E-state index is 10.2. The van der Waals surface area contributed by atoms with Gasteiger partial charge in [-0.3, -0.25) is 4.79 Å². The average Bonchev–Trinajstić information content (AvgIpc) is 2.66. The summed E-state index contributed by atoms with van der Waals surface area (Å²) >= 11 is 0. The van der Waals surface area contributed by atoms with Crippen molar-refractivity contribution in [1.82, 2.24) is 4.98 Å². The molecule has 0 saturated heterocycles. The Morgan fingerprint density at radius 2 is 2.00 bits per heavy atom. The van der Waals surface area contributed by atoms with Crippen molar-refractivity contribution in [1.29, 1.82) is 0 Å². The molecule has 0 radical (unpaired) electrons. The average molecular weight is 261 g/mol. The van der Waals surface area contributed by atoms with Gasteiger partial charge in [0.15, 0.2) is 0 Å². The maximum absolute atomic E-state index is 10.2. The molecule has 1 N–H and O–H groups in total. The smallest absolute Gasteiger partial charge is 0.293 e. The van der Waals surface area contributed by atoms with E-state index in [1.54, 1.807) is 0 Å². The quantitative estimate of drug-likeness (QED) is 0.664. The number of H-pyrrole nitrogens is 1. The summed E-state index contributed by atoms with van der Waals surface area (Å²) in [5.74, 6) is 0.845. The van der Waals surface area contributed by atoms with Crippen molar-refractivity contribution in [3.8, 4) is 5.75 Å². The first-order valence-electron chi connectivity index (χ1n) is 6.35. The van der Waals surface area contributed by atoms with Gasteiger partial charge in [0.1, 0.15) is 11.4 Å². The van der Waals surface area contributed by atoms with Gasteiger partial charge in [-0.05, 0) is 32.9 Å². The van der Waals surface area contributed by atoms with Crippen LogP contribution in [0.15, 0.2) is 24.3 Å². The Morgan fingerprint density at radius 3 is 2.68 bits per heavy atom. The standard InChI is InChI=1S/C15H19NO3/c1-15(2,3)19-14-11-6-4-5-7-12(11)16-13(14)8-9-18-10-17/h4-7,10,16H,8-9H2,1-3H3. The summed E-state index contributed by atoms with van der Waals surface area (Å²) in [4.78, 5) is 13.5. The number of carbonyl (C=O) groups excluding carboxylic acids is 1. The molecule has 0 aliphatic carbocycles. The summed E-state index contributed by atoms with van der Waals surface area (Å²) in [5, 5.41) is 1.05. The number of aromatic nitrogens is 1. The Labute approximate surface area is 112 Å². The van der Waals surface area contributed by atoms with Crippen molar-refractivity contribution in [2.45, 2.75) is 32.8 Å². The topological polar surface area (TPSA) is 51.3 Å². The van der Waals surface area contributed by atoms with Crippen molar-refractivity contribution in [3.63, 3.8) is 0 Å². The van der Waals surface area contributed by atoms with Crippen LogP contribution in [0.5, 0.6) is 5.75 Å². The third-order valence-electron chi connectivity index (χ3n) is 2.68. The van der Waals surface area contributed by atoms with E-state index in [9.17, 15) is 4.79 Å². The van der Waals surface area contributed by atoms with E-state index in [-0.39, 0.29) is 5.60 Å². The van der Waals surface area contributed by atoms with E-state index >= 15 is 0 Å². The minimum atomic E-state index is -0.273. The highest BCUT2D eigenvalue weighted by Gasteiger charge is 2.19. The molecule has 1 aromatic heterocycles. The van der Waals surface area contributed by atoms with E-state index in [0.29, 0.717) is 19.5 Å². The molecule has 0 saturated carbocycles. The summed E-state index contributed by atoms with van der Waals surface area (Å²) in [6.45, 7) is 6.85. The van der Waals surface area contributed by atoms with Gasteiger partial charge < -0.3 is 14.5 Å². The van der Waals surface area contributed by atoms with Crippen LogP contribution in [0.25, 0.3) is 10.9 Å². The summed E-state index contributed by atoms with van der Waals surface area (Å²) in [7, 11) is 0. The van der Waals surface area contributed by atoms with Crippen molar-refractivity contribution in [2.24, 2.45) is 0 Å². The van der Waals surface area contributed by atoms with Crippen LogP contribution in [0.3, 0.4) is 0 Å². The Balaban J connectivity index is 2.37. The molecule has 1 aromatic carbocycles. The van der Waals surface area contributed by atoms with E-state index < -0.39 is 0 Å². The molecule has 0 aliphatic rings. The molecule has 0 aliphatic heterocycles. The number of para-hydroxylation sites is 1. The van der Waals surface area contributed by atoms with Crippen molar-refractivity contribution in [2.75, 3.05) is 6.61 Å². The summed E-state index contributed by atoms with van der Waals surface area (Å²) in [5.41, 5.74) is 1.71. The summed E-state index contributed by atoms with van der Waals surface area (Å²) < 4.78 is 10.8. The number of fused-ring (bicyclic) bond motifs is 1. The van der Waals surface area contributed by atoms with Gasteiger partial charge in [0.2, 0.25) is 0 Å². The molecular weight excluding hydrogens is 242 g/mol. The van der Waals surface area contributed by atoms with Gasteiger partial charge >= 0.3 is 0 Å². The Hall–Kier alpha value is -1.97. The highest BCUT2D eigenvalue weighted by atomic mass is 16.5. The largest absolute Gasteiger partial charge is 0.486 e. The molecule has 0 spiro atoms. The maximum Gasteiger partial charge on any atom is 0.293 e. The SMILES string of the molecule is CC(C)(C)Oc1c(CCOC=O)[nH]c2ccccc12. The molecule has 0 amide bonds. The van der Waals surface area contributed by atoms with Crippen molar-refractivity contribution in [3.05, 3.63) is 30.0 Å². The lowest BCUT2D eigenvalue weighted by molar-refractivity contribution is -0.128. The molecule has 4 heteroatoms. The van der Waals surface area contributed by atoms with Gasteiger partial charge in [-0.15, -0.1) is 0 Å². The van der Waals surface area contributed by atoms with Crippen molar-refractivity contribution < 1.29 is 14.3 Å². The van der Waals surface area contributed by atoms with Crippen LogP contribution in [-0.4, -0.2) is 23.7 Å². The van der Waals surface area contributed by atoms with E-state index in [2.05, 4.69) is 4.98 Å². The fourth-order valence-electron chi connectivity index (χ4n) is 1.98. The molecule has 0 atom stereocenters. The number of hydrogen-bond donors (Lipinski definition) is 1.